The van der Waals surface area contributed by atoms with E-state index in [-0.39, 0.29) is 6.04 Å². The van der Waals surface area contributed by atoms with Crippen LogP contribution in [0.2, 0.25) is 0 Å². The van der Waals surface area contributed by atoms with E-state index in [0.29, 0.717) is 18.2 Å². The molecule has 0 aliphatic carbocycles. The summed E-state index contributed by atoms with van der Waals surface area (Å²) in [5.74, 6) is 1.76. The summed E-state index contributed by atoms with van der Waals surface area (Å²) < 4.78 is 10.7. The molecule has 1 saturated heterocycles. The van der Waals surface area contributed by atoms with E-state index in [0.717, 1.165) is 37.4 Å². The van der Waals surface area contributed by atoms with Crippen LogP contribution in [0.15, 0.2) is 34.9 Å². The number of nitrogens with two attached hydrogens (primary N) is 1. The highest BCUT2D eigenvalue weighted by Gasteiger charge is 2.22. The fourth-order valence-corrected chi connectivity index (χ4v) is 2.48. The molecular formula is C15H19N3O2. The number of benzene rings is 1. The van der Waals surface area contributed by atoms with Crippen LogP contribution in [0.1, 0.15) is 42.1 Å². The molecule has 2 heterocycles. The molecule has 1 unspecified atom stereocenters. The first-order valence-electron chi connectivity index (χ1n) is 7.03. The molecule has 0 bridgehead atoms. The lowest BCUT2D eigenvalue weighted by atomic mass is 10.00. The molecule has 5 heteroatoms. The second-order valence-electron chi connectivity index (χ2n) is 5.15. The Morgan fingerprint density at radius 1 is 1.20 bits per heavy atom. The third-order valence-corrected chi connectivity index (χ3v) is 3.69. The first-order valence-corrected chi connectivity index (χ1v) is 7.03. The van der Waals surface area contributed by atoms with Gasteiger partial charge in [-0.2, -0.15) is 4.98 Å². The molecule has 1 aromatic carbocycles. The Labute approximate surface area is 118 Å². The maximum Gasteiger partial charge on any atom is 0.228 e. The minimum atomic E-state index is -0.112. The zero-order valence-electron chi connectivity index (χ0n) is 11.4. The van der Waals surface area contributed by atoms with Gasteiger partial charge in [0.05, 0.1) is 0 Å². The van der Waals surface area contributed by atoms with Crippen molar-refractivity contribution >= 4 is 0 Å². The number of hydrogen-bond acceptors (Lipinski definition) is 5. The highest BCUT2D eigenvalue weighted by molar-refractivity contribution is 5.19. The van der Waals surface area contributed by atoms with E-state index < -0.39 is 0 Å². The molecule has 1 atom stereocenters. The van der Waals surface area contributed by atoms with Gasteiger partial charge in [-0.1, -0.05) is 35.5 Å². The van der Waals surface area contributed by atoms with Crippen molar-refractivity contribution in [2.24, 2.45) is 5.73 Å². The lowest BCUT2D eigenvalue weighted by molar-refractivity contribution is 0.0830. The molecule has 106 valence electrons. The van der Waals surface area contributed by atoms with Gasteiger partial charge in [-0.15, -0.1) is 0 Å². The monoisotopic (exact) mass is 273 g/mol. The minimum Gasteiger partial charge on any atom is -0.381 e. The van der Waals surface area contributed by atoms with Gasteiger partial charge in [0.2, 0.25) is 5.89 Å². The standard InChI is InChI=1S/C15H19N3O2/c16-13(11-4-2-1-3-5-11)10-14-17-15(18-20-14)12-6-8-19-9-7-12/h1-5,12-13H,6-10,16H2. The van der Waals surface area contributed by atoms with Gasteiger partial charge < -0.3 is 15.0 Å². The van der Waals surface area contributed by atoms with Gasteiger partial charge in [0, 0.05) is 31.6 Å². The van der Waals surface area contributed by atoms with E-state index in [1.807, 2.05) is 30.3 Å². The number of ether oxygens (including phenoxy) is 1. The second kappa shape index (κ2) is 6.15. The molecule has 0 spiro atoms. The third kappa shape index (κ3) is 3.05. The van der Waals surface area contributed by atoms with Gasteiger partial charge in [-0.05, 0) is 18.4 Å². The number of rotatable bonds is 4. The lowest BCUT2D eigenvalue weighted by Gasteiger charge is -2.18. The van der Waals surface area contributed by atoms with Gasteiger partial charge in [0.1, 0.15) is 0 Å². The van der Waals surface area contributed by atoms with Gasteiger partial charge in [0.25, 0.3) is 0 Å². The molecule has 1 fully saturated rings. The van der Waals surface area contributed by atoms with E-state index >= 15 is 0 Å². The second-order valence-corrected chi connectivity index (χ2v) is 5.15. The van der Waals surface area contributed by atoms with E-state index in [2.05, 4.69) is 10.1 Å². The summed E-state index contributed by atoms with van der Waals surface area (Å²) in [5, 5.41) is 4.09. The maximum atomic E-state index is 6.17. The molecule has 3 rings (SSSR count). The SMILES string of the molecule is NC(Cc1nc(C2CCOCC2)no1)c1ccccc1. The Hall–Kier alpha value is -1.72. The Morgan fingerprint density at radius 2 is 1.95 bits per heavy atom. The highest BCUT2D eigenvalue weighted by Crippen LogP contribution is 2.25. The predicted octanol–water partition coefficient (Wildman–Crippen LogP) is 2.21. The van der Waals surface area contributed by atoms with Crippen LogP contribution in [-0.2, 0) is 11.2 Å². The number of aromatic nitrogens is 2. The quantitative estimate of drug-likeness (QED) is 0.924. The van der Waals surface area contributed by atoms with Crippen LogP contribution in [0.5, 0.6) is 0 Å². The van der Waals surface area contributed by atoms with Crippen LogP contribution in [0.3, 0.4) is 0 Å². The van der Waals surface area contributed by atoms with Crippen LogP contribution in [0.25, 0.3) is 0 Å². The summed E-state index contributed by atoms with van der Waals surface area (Å²) in [6.45, 7) is 1.55. The first kappa shape index (κ1) is 13.3. The molecular weight excluding hydrogens is 254 g/mol. The molecule has 0 radical (unpaired) electrons. The molecule has 2 N–H and O–H groups in total. The van der Waals surface area contributed by atoms with Crippen molar-refractivity contribution in [3.63, 3.8) is 0 Å². The molecule has 1 aromatic heterocycles. The third-order valence-electron chi connectivity index (χ3n) is 3.69. The smallest absolute Gasteiger partial charge is 0.228 e. The summed E-state index contributed by atoms with van der Waals surface area (Å²) in [4.78, 5) is 4.49. The normalized spacial score (nSPS) is 18.1. The average molecular weight is 273 g/mol. The van der Waals surface area contributed by atoms with Crippen LogP contribution < -0.4 is 5.73 Å². The number of hydrogen-bond donors (Lipinski definition) is 1. The van der Waals surface area contributed by atoms with Crippen LogP contribution in [-0.4, -0.2) is 23.4 Å². The predicted molar refractivity (Wildman–Crippen MR) is 74.2 cm³/mol. The Bertz CT molecular complexity index is 535. The molecule has 20 heavy (non-hydrogen) atoms. The van der Waals surface area contributed by atoms with Gasteiger partial charge in [-0.3, -0.25) is 0 Å². The topological polar surface area (TPSA) is 74.2 Å². The van der Waals surface area contributed by atoms with E-state index in [4.69, 9.17) is 15.0 Å². The minimum absolute atomic E-state index is 0.112. The first-order chi connectivity index (χ1) is 9.83. The fraction of sp³-hybridized carbons (Fsp3) is 0.467. The van der Waals surface area contributed by atoms with Crippen molar-refractivity contribution in [2.75, 3.05) is 13.2 Å². The fourth-order valence-electron chi connectivity index (χ4n) is 2.48. The zero-order valence-corrected chi connectivity index (χ0v) is 11.4. The summed E-state index contributed by atoms with van der Waals surface area (Å²) >= 11 is 0. The van der Waals surface area contributed by atoms with E-state index in [9.17, 15) is 0 Å². The highest BCUT2D eigenvalue weighted by atomic mass is 16.5. The van der Waals surface area contributed by atoms with Crippen molar-refractivity contribution in [3.05, 3.63) is 47.6 Å². The van der Waals surface area contributed by atoms with Crippen LogP contribution >= 0.6 is 0 Å². The van der Waals surface area contributed by atoms with Crippen molar-refractivity contribution in [2.45, 2.75) is 31.2 Å². The van der Waals surface area contributed by atoms with Gasteiger partial charge in [-0.25, -0.2) is 0 Å². The average Bonchev–Trinajstić information content (AvgIpc) is 2.97. The van der Waals surface area contributed by atoms with Crippen LogP contribution in [0, 0.1) is 0 Å². The van der Waals surface area contributed by atoms with Crippen molar-refractivity contribution in [1.82, 2.24) is 10.1 Å². The largest absolute Gasteiger partial charge is 0.381 e. The molecule has 1 aliphatic heterocycles. The molecule has 2 aromatic rings. The van der Waals surface area contributed by atoms with E-state index in [1.165, 1.54) is 0 Å². The Kier molecular flexibility index (Phi) is 4.08. The van der Waals surface area contributed by atoms with E-state index in [1.54, 1.807) is 0 Å². The van der Waals surface area contributed by atoms with Crippen molar-refractivity contribution in [3.8, 4) is 0 Å². The zero-order chi connectivity index (χ0) is 13.8. The molecule has 0 amide bonds. The lowest BCUT2D eigenvalue weighted by Crippen LogP contribution is -2.15. The Balaban J connectivity index is 1.65. The molecule has 5 nitrogen and oxygen atoms in total. The maximum absolute atomic E-state index is 6.17. The van der Waals surface area contributed by atoms with Crippen molar-refractivity contribution in [1.29, 1.82) is 0 Å². The molecule has 0 saturated carbocycles. The Morgan fingerprint density at radius 3 is 2.70 bits per heavy atom. The summed E-state index contributed by atoms with van der Waals surface area (Å²) in [7, 11) is 0. The summed E-state index contributed by atoms with van der Waals surface area (Å²) in [6.07, 6.45) is 2.49. The number of nitrogens with zero attached hydrogens (tertiary/aromatic N) is 2. The molecule has 1 aliphatic rings. The van der Waals surface area contributed by atoms with Crippen LogP contribution in [0.4, 0.5) is 0 Å². The van der Waals surface area contributed by atoms with Gasteiger partial charge in [0.15, 0.2) is 5.82 Å². The van der Waals surface area contributed by atoms with Gasteiger partial charge >= 0.3 is 0 Å². The van der Waals surface area contributed by atoms with Crippen molar-refractivity contribution < 1.29 is 9.26 Å². The summed E-state index contributed by atoms with van der Waals surface area (Å²) in [6, 6.07) is 9.86. The summed E-state index contributed by atoms with van der Waals surface area (Å²) in [5.41, 5.74) is 7.25.